The molecule has 0 aliphatic heterocycles. The van der Waals surface area contributed by atoms with Gasteiger partial charge in [0, 0.05) is 12.3 Å². The molecule has 2 N–H and O–H groups in total. The Labute approximate surface area is 95.7 Å². The fourth-order valence-electron chi connectivity index (χ4n) is 1.60. The molecule has 0 saturated heterocycles. The van der Waals surface area contributed by atoms with Crippen LogP contribution in [-0.2, 0) is 11.2 Å². The quantitative estimate of drug-likeness (QED) is 0.831. The summed E-state index contributed by atoms with van der Waals surface area (Å²) >= 11 is 0. The van der Waals surface area contributed by atoms with Gasteiger partial charge in [0.05, 0.1) is 0 Å². The molecule has 0 saturated carbocycles. The van der Waals surface area contributed by atoms with Crippen molar-refractivity contribution < 1.29 is 9.18 Å². The highest BCUT2D eigenvalue weighted by Gasteiger charge is 2.13. The van der Waals surface area contributed by atoms with E-state index in [-0.39, 0.29) is 17.5 Å². The predicted molar refractivity (Wildman–Crippen MR) is 62.7 cm³/mol. The van der Waals surface area contributed by atoms with Gasteiger partial charge in [-0.1, -0.05) is 13.0 Å². The van der Waals surface area contributed by atoms with Crippen LogP contribution in [0.4, 0.5) is 4.39 Å². The Morgan fingerprint density at radius 2 is 2.19 bits per heavy atom. The zero-order chi connectivity index (χ0) is 12.1. The molecule has 0 amide bonds. The van der Waals surface area contributed by atoms with E-state index in [4.69, 9.17) is 5.73 Å². The van der Waals surface area contributed by atoms with Crippen molar-refractivity contribution in [2.24, 2.45) is 11.7 Å². The Hall–Kier alpha value is -1.22. The van der Waals surface area contributed by atoms with Gasteiger partial charge in [-0.15, -0.1) is 0 Å². The number of aryl methyl sites for hydroxylation is 1. The van der Waals surface area contributed by atoms with Crippen molar-refractivity contribution in [2.45, 2.75) is 26.7 Å². The van der Waals surface area contributed by atoms with Crippen molar-refractivity contribution in [3.63, 3.8) is 0 Å². The van der Waals surface area contributed by atoms with Crippen LogP contribution in [0, 0.1) is 18.7 Å². The van der Waals surface area contributed by atoms with E-state index in [1.807, 2.05) is 13.8 Å². The van der Waals surface area contributed by atoms with E-state index in [2.05, 4.69) is 0 Å². The molecule has 0 aliphatic rings. The van der Waals surface area contributed by atoms with Gasteiger partial charge in [-0.2, -0.15) is 0 Å². The summed E-state index contributed by atoms with van der Waals surface area (Å²) in [4.78, 5) is 11.8. The molecule has 0 radical (unpaired) electrons. The van der Waals surface area contributed by atoms with Crippen LogP contribution >= 0.6 is 0 Å². The molecule has 1 aromatic rings. The minimum absolute atomic E-state index is 0.0485. The number of halogens is 1. The molecule has 0 aromatic heterocycles. The summed E-state index contributed by atoms with van der Waals surface area (Å²) in [6.45, 7) is 4.26. The van der Waals surface area contributed by atoms with Crippen LogP contribution < -0.4 is 5.73 Å². The van der Waals surface area contributed by atoms with Crippen molar-refractivity contribution in [1.29, 1.82) is 0 Å². The summed E-state index contributed by atoms with van der Waals surface area (Å²) in [5.74, 6) is -0.216. The molecular weight excluding hydrogens is 205 g/mol. The first kappa shape index (κ1) is 12.8. The summed E-state index contributed by atoms with van der Waals surface area (Å²) < 4.78 is 13.0. The van der Waals surface area contributed by atoms with Gasteiger partial charge in [0.25, 0.3) is 0 Å². The van der Waals surface area contributed by atoms with Crippen molar-refractivity contribution in [3.8, 4) is 0 Å². The lowest BCUT2D eigenvalue weighted by Gasteiger charge is -2.10. The number of nitrogens with two attached hydrogens (primary N) is 1. The lowest BCUT2D eigenvalue weighted by atomic mass is 9.95. The minimum Gasteiger partial charge on any atom is -0.330 e. The number of benzene rings is 1. The van der Waals surface area contributed by atoms with Crippen molar-refractivity contribution in [2.75, 3.05) is 6.54 Å². The first-order valence-corrected chi connectivity index (χ1v) is 5.52. The monoisotopic (exact) mass is 223 g/mol. The first-order valence-electron chi connectivity index (χ1n) is 5.52. The highest BCUT2D eigenvalue weighted by Crippen LogP contribution is 2.14. The van der Waals surface area contributed by atoms with Gasteiger partial charge >= 0.3 is 0 Å². The topological polar surface area (TPSA) is 43.1 Å². The lowest BCUT2D eigenvalue weighted by Crippen LogP contribution is -2.17. The summed E-state index contributed by atoms with van der Waals surface area (Å²) in [7, 11) is 0. The molecule has 0 bridgehead atoms. The van der Waals surface area contributed by atoms with Crippen LogP contribution in [-0.4, -0.2) is 12.3 Å². The van der Waals surface area contributed by atoms with Gasteiger partial charge in [0.15, 0.2) is 0 Å². The first-order chi connectivity index (χ1) is 7.54. The zero-order valence-corrected chi connectivity index (χ0v) is 9.79. The molecule has 1 atom stereocenters. The predicted octanol–water partition coefficient (Wildman–Crippen LogP) is 2.23. The second-order valence-corrected chi connectivity index (χ2v) is 4.19. The average molecular weight is 223 g/mol. The van der Waals surface area contributed by atoms with Crippen LogP contribution in [0.15, 0.2) is 18.2 Å². The second-order valence-electron chi connectivity index (χ2n) is 4.19. The van der Waals surface area contributed by atoms with Crippen LogP contribution in [0.25, 0.3) is 0 Å². The van der Waals surface area contributed by atoms with Gasteiger partial charge in [-0.3, -0.25) is 4.79 Å². The summed E-state index contributed by atoms with van der Waals surface area (Å²) in [6.07, 6.45) is 0.984. The Kier molecular flexibility index (Phi) is 4.62. The number of rotatable bonds is 5. The van der Waals surface area contributed by atoms with Gasteiger partial charge in [0.2, 0.25) is 0 Å². The molecule has 16 heavy (non-hydrogen) atoms. The second kappa shape index (κ2) is 5.75. The maximum atomic E-state index is 13.0. The summed E-state index contributed by atoms with van der Waals surface area (Å²) in [5.41, 5.74) is 7.13. The van der Waals surface area contributed by atoms with Gasteiger partial charge in [0.1, 0.15) is 11.6 Å². The Morgan fingerprint density at radius 3 is 2.81 bits per heavy atom. The Balaban J connectivity index is 2.72. The maximum absolute atomic E-state index is 13.0. The van der Waals surface area contributed by atoms with Gasteiger partial charge in [-0.25, -0.2) is 4.39 Å². The van der Waals surface area contributed by atoms with E-state index in [9.17, 15) is 9.18 Å². The third-order valence-electron chi connectivity index (χ3n) is 2.83. The van der Waals surface area contributed by atoms with Gasteiger partial charge in [-0.05, 0) is 43.1 Å². The zero-order valence-electron chi connectivity index (χ0n) is 9.79. The Bertz CT molecular complexity index is 376. The number of hydrogen-bond donors (Lipinski definition) is 1. The molecule has 1 unspecified atom stereocenters. The van der Waals surface area contributed by atoms with E-state index >= 15 is 0 Å². The smallest absolute Gasteiger partial charge is 0.140 e. The van der Waals surface area contributed by atoms with E-state index in [0.717, 1.165) is 11.1 Å². The number of hydrogen-bond acceptors (Lipinski definition) is 2. The molecule has 0 fully saturated rings. The van der Waals surface area contributed by atoms with E-state index in [1.54, 1.807) is 6.07 Å². The van der Waals surface area contributed by atoms with Crippen molar-refractivity contribution in [1.82, 2.24) is 0 Å². The normalized spacial score (nSPS) is 12.5. The number of carbonyl (C=O) groups is 1. The highest BCUT2D eigenvalue weighted by molar-refractivity contribution is 5.83. The summed E-state index contributed by atoms with van der Waals surface area (Å²) in [6, 6.07) is 4.54. The molecule has 1 aromatic carbocycles. The van der Waals surface area contributed by atoms with Crippen LogP contribution in [0.2, 0.25) is 0 Å². The number of Topliss-reactive ketones (excluding diaryl/α,β-unsaturated/α-hetero) is 1. The fraction of sp³-hybridized carbons (Fsp3) is 0.462. The van der Waals surface area contributed by atoms with Crippen LogP contribution in [0.3, 0.4) is 0 Å². The SMILES string of the molecule is Cc1ccc(F)cc1CC(=O)C(C)CCN. The fourth-order valence-corrected chi connectivity index (χ4v) is 1.60. The molecule has 0 spiro atoms. The average Bonchev–Trinajstić information content (AvgIpc) is 2.23. The van der Waals surface area contributed by atoms with E-state index < -0.39 is 0 Å². The van der Waals surface area contributed by atoms with E-state index in [0.29, 0.717) is 19.4 Å². The lowest BCUT2D eigenvalue weighted by molar-refractivity contribution is -0.121. The molecule has 88 valence electrons. The number of carbonyl (C=O) groups excluding carboxylic acids is 1. The molecule has 0 aliphatic carbocycles. The van der Waals surface area contributed by atoms with Gasteiger partial charge < -0.3 is 5.73 Å². The molecule has 3 heteroatoms. The Morgan fingerprint density at radius 1 is 1.50 bits per heavy atom. The molecule has 2 nitrogen and oxygen atoms in total. The molecule has 1 rings (SSSR count). The highest BCUT2D eigenvalue weighted by atomic mass is 19.1. The third-order valence-corrected chi connectivity index (χ3v) is 2.83. The summed E-state index contributed by atoms with van der Waals surface area (Å²) in [5, 5.41) is 0. The molecular formula is C13H18FNO. The maximum Gasteiger partial charge on any atom is 0.140 e. The largest absolute Gasteiger partial charge is 0.330 e. The third kappa shape index (κ3) is 3.42. The minimum atomic E-state index is -0.292. The van der Waals surface area contributed by atoms with Crippen LogP contribution in [0.1, 0.15) is 24.5 Å². The van der Waals surface area contributed by atoms with Crippen LogP contribution in [0.5, 0.6) is 0 Å². The standard InChI is InChI=1S/C13H18FNO/c1-9-3-4-12(14)7-11(9)8-13(16)10(2)5-6-15/h3-4,7,10H,5-6,8,15H2,1-2H3. The van der Waals surface area contributed by atoms with Crippen molar-refractivity contribution in [3.05, 3.63) is 35.1 Å². The molecule has 0 heterocycles. The van der Waals surface area contributed by atoms with E-state index in [1.165, 1.54) is 12.1 Å². The van der Waals surface area contributed by atoms with Crippen molar-refractivity contribution >= 4 is 5.78 Å². The number of ketones is 1.